The third-order valence-electron chi connectivity index (χ3n) is 4.92. The topological polar surface area (TPSA) is 51.0 Å². The average Bonchev–Trinajstić information content (AvgIpc) is 3.16. The van der Waals surface area contributed by atoms with E-state index in [1.54, 1.807) is 35.3 Å². The predicted molar refractivity (Wildman–Crippen MR) is 114 cm³/mol. The SMILES string of the molecule is C=Cc1cc(-c2cnn3c2C(=O)N(c2ccc(C(F)(F)F)cc2)C[C@@H]3C)ccn1.S. The fourth-order valence-electron chi connectivity index (χ4n) is 3.45. The number of fused-ring (bicyclic) bond motifs is 1. The number of carbonyl (C=O) groups excluding carboxylic acids is 1. The number of carbonyl (C=O) groups is 1. The number of alkyl halides is 3. The second-order valence-electron chi connectivity index (χ2n) is 6.83. The minimum Gasteiger partial charge on any atom is -0.305 e. The van der Waals surface area contributed by atoms with Crippen LogP contribution in [-0.2, 0) is 6.18 Å². The first kappa shape index (κ1) is 21.6. The quantitative estimate of drug-likeness (QED) is 0.589. The van der Waals surface area contributed by atoms with Crippen LogP contribution < -0.4 is 4.90 Å². The van der Waals surface area contributed by atoms with E-state index < -0.39 is 11.7 Å². The second kappa shape index (κ2) is 7.98. The molecule has 1 aliphatic heterocycles. The highest BCUT2D eigenvalue weighted by molar-refractivity contribution is 7.59. The Morgan fingerprint density at radius 1 is 1.20 bits per heavy atom. The highest BCUT2D eigenvalue weighted by atomic mass is 32.1. The molecule has 1 aromatic carbocycles. The van der Waals surface area contributed by atoms with E-state index in [9.17, 15) is 18.0 Å². The predicted octanol–water partition coefficient (Wildman–Crippen LogP) is 4.94. The monoisotopic (exact) mass is 432 g/mol. The average molecular weight is 432 g/mol. The summed E-state index contributed by atoms with van der Waals surface area (Å²) in [4.78, 5) is 18.9. The van der Waals surface area contributed by atoms with Gasteiger partial charge >= 0.3 is 6.18 Å². The van der Waals surface area contributed by atoms with Crippen molar-refractivity contribution < 1.29 is 18.0 Å². The van der Waals surface area contributed by atoms with Crippen LogP contribution in [0.15, 0.2) is 55.4 Å². The van der Waals surface area contributed by atoms with Gasteiger partial charge in [-0.1, -0.05) is 6.58 Å². The van der Waals surface area contributed by atoms with Crippen molar-refractivity contribution in [3.63, 3.8) is 0 Å². The fourth-order valence-corrected chi connectivity index (χ4v) is 3.45. The summed E-state index contributed by atoms with van der Waals surface area (Å²) < 4.78 is 40.2. The second-order valence-corrected chi connectivity index (χ2v) is 6.83. The molecule has 0 N–H and O–H groups in total. The smallest absolute Gasteiger partial charge is 0.305 e. The Morgan fingerprint density at radius 2 is 1.90 bits per heavy atom. The van der Waals surface area contributed by atoms with E-state index in [1.807, 2.05) is 6.92 Å². The van der Waals surface area contributed by atoms with Gasteiger partial charge in [-0.05, 0) is 55.0 Å². The minimum absolute atomic E-state index is 0. The van der Waals surface area contributed by atoms with Crippen molar-refractivity contribution in [2.75, 3.05) is 11.4 Å². The Morgan fingerprint density at radius 3 is 2.53 bits per heavy atom. The van der Waals surface area contributed by atoms with Gasteiger partial charge in [0, 0.05) is 24.0 Å². The zero-order chi connectivity index (χ0) is 20.8. The van der Waals surface area contributed by atoms with Crippen LogP contribution in [-0.4, -0.2) is 27.2 Å². The van der Waals surface area contributed by atoms with Gasteiger partial charge in [0.15, 0.2) is 0 Å². The first-order valence-corrected chi connectivity index (χ1v) is 8.95. The molecule has 3 heterocycles. The van der Waals surface area contributed by atoms with Gasteiger partial charge in [0.2, 0.25) is 0 Å². The highest BCUT2D eigenvalue weighted by Gasteiger charge is 2.35. The van der Waals surface area contributed by atoms with Crippen LogP contribution >= 0.6 is 13.5 Å². The number of rotatable bonds is 3. The van der Waals surface area contributed by atoms with E-state index in [2.05, 4.69) is 16.7 Å². The van der Waals surface area contributed by atoms with Gasteiger partial charge in [-0.3, -0.25) is 14.5 Å². The fraction of sp³-hybridized carbons (Fsp3) is 0.190. The molecule has 30 heavy (non-hydrogen) atoms. The minimum atomic E-state index is -4.42. The molecule has 0 spiro atoms. The summed E-state index contributed by atoms with van der Waals surface area (Å²) in [5.41, 5.74) is 2.13. The summed E-state index contributed by atoms with van der Waals surface area (Å²) in [5.74, 6) is -0.313. The van der Waals surface area contributed by atoms with E-state index in [1.165, 1.54) is 17.0 Å². The highest BCUT2D eigenvalue weighted by Crippen LogP contribution is 2.34. The summed E-state index contributed by atoms with van der Waals surface area (Å²) in [5, 5.41) is 4.37. The summed E-state index contributed by atoms with van der Waals surface area (Å²) in [6, 6.07) is 8.06. The van der Waals surface area contributed by atoms with Gasteiger partial charge in [0.1, 0.15) is 5.69 Å². The van der Waals surface area contributed by atoms with E-state index >= 15 is 0 Å². The lowest BCUT2D eigenvalue weighted by molar-refractivity contribution is -0.137. The molecule has 0 fully saturated rings. The van der Waals surface area contributed by atoms with Crippen LogP contribution in [0, 0.1) is 0 Å². The number of aromatic nitrogens is 3. The number of nitrogens with zero attached hydrogens (tertiary/aromatic N) is 4. The van der Waals surface area contributed by atoms with Gasteiger partial charge < -0.3 is 4.90 Å². The lowest BCUT2D eigenvalue weighted by Crippen LogP contribution is -2.42. The Kier molecular flexibility index (Phi) is 5.76. The maximum absolute atomic E-state index is 13.3. The maximum Gasteiger partial charge on any atom is 0.416 e. The number of halogens is 3. The summed E-state index contributed by atoms with van der Waals surface area (Å²) in [6.07, 6.45) is 0.440. The molecule has 0 bridgehead atoms. The molecule has 2 aromatic heterocycles. The van der Waals surface area contributed by atoms with Crippen LogP contribution in [0.25, 0.3) is 17.2 Å². The third-order valence-corrected chi connectivity index (χ3v) is 4.92. The number of anilines is 1. The van der Waals surface area contributed by atoms with Crippen LogP contribution in [0.1, 0.15) is 34.7 Å². The molecule has 0 saturated carbocycles. The first-order chi connectivity index (χ1) is 13.8. The van der Waals surface area contributed by atoms with E-state index in [-0.39, 0.29) is 25.4 Å². The first-order valence-electron chi connectivity index (χ1n) is 8.95. The van der Waals surface area contributed by atoms with Crippen LogP contribution in [0.5, 0.6) is 0 Å². The molecule has 9 heteroatoms. The molecule has 3 aromatic rings. The van der Waals surface area contributed by atoms with Crippen LogP contribution in [0.2, 0.25) is 0 Å². The van der Waals surface area contributed by atoms with Crippen molar-refractivity contribution in [3.05, 3.63) is 72.3 Å². The van der Waals surface area contributed by atoms with Crippen molar-refractivity contribution >= 4 is 31.2 Å². The van der Waals surface area contributed by atoms with Crippen LogP contribution in [0.3, 0.4) is 0 Å². The molecule has 4 rings (SSSR count). The van der Waals surface area contributed by atoms with Crippen LogP contribution in [0.4, 0.5) is 18.9 Å². The number of benzene rings is 1. The molecular formula is C21H19F3N4OS. The third kappa shape index (κ3) is 3.72. The standard InChI is InChI=1S/C21H17F3N4O.H2S/c1-3-16-10-14(8-9-25-16)18-11-26-28-13(2)12-27(20(29)19(18)28)17-6-4-15(5-7-17)21(22,23)24;/h3-11,13H,1,12H2,2H3;1H2/t13-;/m0./s1. The van der Waals surface area contributed by atoms with Crippen molar-refractivity contribution in [1.82, 2.24) is 14.8 Å². The van der Waals surface area contributed by atoms with Gasteiger partial charge in [0.25, 0.3) is 5.91 Å². The molecule has 0 aliphatic carbocycles. The lowest BCUT2D eigenvalue weighted by atomic mass is 10.0. The Bertz CT molecular complexity index is 1090. The largest absolute Gasteiger partial charge is 0.416 e. The van der Waals surface area contributed by atoms with Crippen molar-refractivity contribution in [2.24, 2.45) is 0 Å². The number of amides is 1. The molecular weight excluding hydrogens is 413 g/mol. The van der Waals surface area contributed by atoms with E-state index in [0.717, 1.165) is 17.7 Å². The Labute approximate surface area is 178 Å². The number of hydrogen-bond acceptors (Lipinski definition) is 3. The molecule has 1 atom stereocenters. The molecule has 1 amide bonds. The number of hydrogen-bond donors (Lipinski definition) is 0. The lowest BCUT2D eigenvalue weighted by Gasteiger charge is -2.32. The zero-order valence-electron chi connectivity index (χ0n) is 16.0. The van der Waals surface area contributed by atoms with Crippen molar-refractivity contribution in [2.45, 2.75) is 19.1 Å². The molecule has 1 aliphatic rings. The normalized spacial score (nSPS) is 16.1. The maximum atomic E-state index is 13.3. The number of pyridine rings is 1. The molecule has 5 nitrogen and oxygen atoms in total. The van der Waals surface area contributed by atoms with Crippen molar-refractivity contribution in [3.8, 4) is 11.1 Å². The van der Waals surface area contributed by atoms with Gasteiger partial charge in [0.05, 0.1) is 23.5 Å². The summed E-state index contributed by atoms with van der Waals surface area (Å²) in [7, 11) is 0. The molecule has 156 valence electrons. The summed E-state index contributed by atoms with van der Waals surface area (Å²) >= 11 is 0. The molecule has 0 unspecified atom stereocenters. The summed E-state index contributed by atoms with van der Waals surface area (Å²) in [6.45, 7) is 5.93. The Hall–Kier alpha value is -3.07. The Balaban J connectivity index is 0.00000256. The molecule has 0 saturated heterocycles. The van der Waals surface area contributed by atoms with Gasteiger partial charge in [-0.25, -0.2) is 0 Å². The van der Waals surface area contributed by atoms with E-state index in [4.69, 9.17) is 0 Å². The van der Waals surface area contributed by atoms with Gasteiger partial charge in [-0.15, -0.1) is 0 Å². The van der Waals surface area contributed by atoms with Crippen molar-refractivity contribution in [1.29, 1.82) is 0 Å². The van der Waals surface area contributed by atoms with Gasteiger partial charge in [-0.2, -0.15) is 31.8 Å². The van der Waals surface area contributed by atoms with E-state index in [0.29, 0.717) is 29.2 Å². The molecule has 0 radical (unpaired) electrons. The zero-order valence-corrected chi connectivity index (χ0v) is 17.0.